The third-order valence-corrected chi connectivity index (χ3v) is 4.11. The Labute approximate surface area is 117 Å². The van der Waals surface area contributed by atoms with E-state index in [1.807, 2.05) is 0 Å². The molecular weight excluding hydrogens is 234 g/mol. The van der Waals surface area contributed by atoms with E-state index >= 15 is 0 Å². The highest BCUT2D eigenvalue weighted by Gasteiger charge is 2.20. The van der Waals surface area contributed by atoms with Gasteiger partial charge in [0.05, 0.1) is 0 Å². The highest BCUT2D eigenvalue weighted by molar-refractivity contribution is 5.30. The van der Waals surface area contributed by atoms with Gasteiger partial charge in [0.1, 0.15) is 0 Å². The van der Waals surface area contributed by atoms with Crippen molar-refractivity contribution in [3.8, 4) is 0 Å². The minimum absolute atomic E-state index is 0.629. The minimum atomic E-state index is 0.629. The van der Waals surface area contributed by atoms with Gasteiger partial charge in [0.25, 0.3) is 0 Å². The lowest BCUT2D eigenvalue weighted by atomic mass is 10.1. The summed E-state index contributed by atoms with van der Waals surface area (Å²) in [5.74, 6) is 0. The number of rotatable bonds is 4. The van der Waals surface area contributed by atoms with Crippen molar-refractivity contribution in [1.82, 2.24) is 15.1 Å². The van der Waals surface area contributed by atoms with Crippen LogP contribution in [0, 0.1) is 13.8 Å². The Hall–Kier alpha value is -0.900. The van der Waals surface area contributed by atoms with Crippen LogP contribution in [-0.2, 0) is 6.54 Å². The van der Waals surface area contributed by atoms with Crippen molar-refractivity contribution in [2.75, 3.05) is 40.3 Å². The third-order valence-electron chi connectivity index (χ3n) is 4.11. The SMILES string of the molecule is Cc1ccc(CN(C)CC2CNCCN2C)c(C)c1. The molecule has 1 aliphatic heterocycles. The number of nitrogens with zero attached hydrogens (tertiary/aromatic N) is 2. The molecule has 106 valence electrons. The van der Waals surface area contributed by atoms with Crippen LogP contribution in [0.15, 0.2) is 18.2 Å². The van der Waals surface area contributed by atoms with Crippen LogP contribution < -0.4 is 5.32 Å². The number of aryl methyl sites for hydroxylation is 2. The number of nitrogens with one attached hydrogen (secondary N) is 1. The quantitative estimate of drug-likeness (QED) is 0.889. The van der Waals surface area contributed by atoms with Gasteiger partial charge in [-0.1, -0.05) is 23.8 Å². The number of likely N-dealkylation sites (N-methyl/N-ethyl adjacent to an activating group) is 2. The average Bonchev–Trinajstić information content (AvgIpc) is 2.36. The second-order valence-electron chi connectivity index (χ2n) is 5.97. The first-order chi connectivity index (χ1) is 9.06. The van der Waals surface area contributed by atoms with Crippen molar-refractivity contribution >= 4 is 0 Å². The number of hydrogen-bond acceptors (Lipinski definition) is 3. The monoisotopic (exact) mass is 261 g/mol. The van der Waals surface area contributed by atoms with Crippen LogP contribution in [0.25, 0.3) is 0 Å². The molecule has 1 saturated heterocycles. The molecule has 1 N–H and O–H groups in total. The first kappa shape index (κ1) is 14.5. The van der Waals surface area contributed by atoms with E-state index in [0.717, 1.165) is 32.7 Å². The maximum atomic E-state index is 3.48. The molecule has 3 nitrogen and oxygen atoms in total. The molecule has 1 heterocycles. The molecule has 1 atom stereocenters. The second-order valence-corrected chi connectivity index (χ2v) is 5.97. The van der Waals surface area contributed by atoms with E-state index in [1.54, 1.807) is 0 Å². The topological polar surface area (TPSA) is 18.5 Å². The normalized spacial score (nSPS) is 21.0. The Morgan fingerprint density at radius 2 is 2.16 bits per heavy atom. The van der Waals surface area contributed by atoms with Gasteiger partial charge in [-0.3, -0.25) is 4.90 Å². The van der Waals surface area contributed by atoms with Crippen LogP contribution in [0.4, 0.5) is 0 Å². The smallest absolute Gasteiger partial charge is 0.0345 e. The lowest BCUT2D eigenvalue weighted by molar-refractivity contribution is 0.150. The van der Waals surface area contributed by atoms with Gasteiger partial charge in [-0.15, -0.1) is 0 Å². The summed E-state index contributed by atoms with van der Waals surface area (Å²) in [5, 5.41) is 3.48. The molecule has 0 radical (unpaired) electrons. The molecule has 1 unspecified atom stereocenters. The van der Waals surface area contributed by atoms with E-state index in [1.165, 1.54) is 16.7 Å². The van der Waals surface area contributed by atoms with Gasteiger partial charge >= 0.3 is 0 Å². The summed E-state index contributed by atoms with van der Waals surface area (Å²) in [4.78, 5) is 4.90. The zero-order valence-corrected chi connectivity index (χ0v) is 12.7. The van der Waals surface area contributed by atoms with E-state index in [9.17, 15) is 0 Å². The maximum absolute atomic E-state index is 3.48. The highest BCUT2D eigenvalue weighted by atomic mass is 15.2. The lowest BCUT2D eigenvalue weighted by Gasteiger charge is -2.35. The fourth-order valence-electron chi connectivity index (χ4n) is 2.80. The van der Waals surface area contributed by atoms with Crippen molar-refractivity contribution in [3.63, 3.8) is 0 Å². The van der Waals surface area contributed by atoms with Crippen LogP contribution in [0.5, 0.6) is 0 Å². The van der Waals surface area contributed by atoms with Gasteiger partial charge in [0, 0.05) is 38.8 Å². The van der Waals surface area contributed by atoms with Gasteiger partial charge < -0.3 is 10.2 Å². The fourth-order valence-corrected chi connectivity index (χ4v) is 2.80. The van der Waals surface area contributed by atoms with Crippen LogP contribution in [-0.4, -0.2) is 56.1 Å². The Bertz CT molecular complexity index is 416. The van der Waals surface area contributed by atoms with E-state index in [-0.39, 0.29) is 0 Å². The summed E-state index contributed by atoms with van der Waals surface area (Å²) < 4.78 is 0. The molecule has 19 heavy (non-hydrogen) atoms. The summed E-state index contributed by atoms with van der Waals surface area (Å²) >= 11 is 0. The number of piperazine rings is 1. The van der Waals surface area contributed by atoms with Crippen LogP contribution in [0.1, 0.15) is 16.7 Å². The number of benzene rings is 1. The van der Waals surface area contributed by atoms with E-state index in [4.69, 9.17) is 0 Å². The van der Waals surface area contributed by atoms with Gasteiger partial charge in [-0.2, -0.15) is 0 Å². The summed E-state index contributed by atoms with van der Waals surface area (Å²) in [6, 6.07) is 7.39. The molecule has 0 spiro atoms. The first-order valence-corrected chi connectivity index (χ1v) is 7.22. The summed E-state index contributed by atoms with van der Waals surface area (Å²) in [6.07, 6.45) is 0. The second kappa shape index (κ2) is 6.51. The first-order valence-electron chi connectivity index (χ1n) is 7.22. The molecule has 1 fully saturated rings. The molecule has 0 saturated carbocycles. The van der Waals surface area contributed by atoms with E-state index in [2.05, 4.69) is 61.3 Å². The molecule has 1 aromatic rings. The zero-order chi connectivity index (χ0) is 13.8. The van der Waals surface area contributed by atoms with Crippen molar-refractivity contribution in [3.05, 3.63) is 34.9 Å². The van der Waals surface area contributed by atoms with Crippen molar-refractivity contribution in [1.29, 1.82) is 0 Å². The Balaban J connectivity index is 1.91. The highest BCUT2D eigenvalue weighted by Crippen LogP contribution is 2.13. The summed E-state index contributed by atoms with van der Waals surface area (Å²) in [5.41, 5.74) is 4.20. The fraction of sp³-hybridized carbons (Fsp3) is 0.625. The Kier molecular flexibility index (Phi) is 4.97. The lowest BCUT2D eigenvalue weighted by Crippen LogP contribution is -2.53. The van der Waals surface area contributed by atoms with Gasteiger partial charge in [0.2, 0.25) is 0 Å². The molecule has 3 heteroatoms. The third kappa shape index (κ3) is 4.03. The molecular formula is C16H27N3. The molecule has 1 aromatic carbocycles. The minimum Gasteiger partial charge on any atom is -0.314 e. The predicted octanol–water partition coefficient (Wildman–Crippen LogP) is 1.64. The van der Waals surface area contributed by atoms with Crippen molar-refractivity contribution in [2.45, 2.75) is 26.4 Å². The molecule has 0 aromatic heterocycles. The Morgan fingerprint density at radius 3 is 2.84 bits per heavy atom. The molecule has 1 aliphatic rings. The van der Waals surface area contributed by atoms with Gasteiger partial charge in [-0.25, -0.2) is 0 Å². The van der Waals surface area contributed by atoms with Gasteiger partial charge in [0.15, 0.2) is 0 Å². The zero-order valence-electron chi connectivity index (χ0n) is 12.7. The molecule has 0 aliphatic carbocycles. The molecule has 0 bridgehead atoms. The van der Waals surface area contributed by atoms with Crippen molar-refractivity contribution < 1.29 is 0 Å². The summed E-state index contributed by atoms with van der Waals surface area (Å²) in [7, 11) is 4.46. The van der Waals surface area contributed by atoms with Crippen molar-refractivity contribution in [2.24, 2.45) is 0 Å². The molecule has 2 rings (SSSR count). The predicted molar refractivity (Wildman–Crippen MR) is 81.5 cm³/mol. The van der Waals surface area contributed by atoms with E-state index < -0.39 is 0 Å². The maximum Gasteiger partial charge on any atom is 0.0345 e. The van der Waals surface area contributed by atoms with Crippen LogP contribution >= 0.6 is 0 Å². The van der Waals surface area contributed by atoms with Gasteiger partial charge in [-0.05, 0) is 39.1 Å². The standard InChI is InChI=1S/C16H27N3/c1-13-5-6-15(14(2)9-13)11-18(3)12-16-10-17-7-8-19(16)4/h5-6,9,16-17H,7-8,10-12H2,1-4H3. The average molecular weight is 261 g/mol. The van der Waals surface area contributed by atoms with E-state index in [0.29, 0.717) is 6.04 Å². The van der Waals surface area contributed by atoms with Crippen LogP contribution in [0.3, 0.4) is 0 Å². The Morgan fingerprint density at radius 1 is 1.37 bits per heavy atom. The largest absolute Gasteiger partial charge is 0.314 e. The summed E-state index contributed by atoms with van der Waals surface area (Å²) in [6.45, 7) is 9.91. The number of hydrogen-bond donors (Lipinski definition) is 1. The molecule has 0 amide bonds. The van der Waals surface area contributed by atoms with Crippen LogP contribution in [0.2, 0.25) is 0 Å².